The highest BCUT2D eigenvalue weighted by molar-refractivity contribution is 5.84. The first-order valence-corrected chi connectivity index (χ1v) is 8.21. The van der Waals surface area contributed by atoms with E-state index in [-0.39, 0.29) is 36.4 Å². The highest BCUT2D eigenvalue weighted by Gasteiger charge is 2.51. The number of esters is 2. The summed E-state index contributed by atoms with van der Waals surface area (Å²) in [6, 6.07) is 6.20. The Morgan fingerprint density at radius 1 is 1.33 bits per heavy atom. The van der Waals surface area contributed by atoms with E-state index in [9.17, 15) is 14.7 Å². The molecule has 24 heavy (non-hydrogen) atoms. The van der Waals surface area contributed by atoms with Crippen molar-refractivity contribution in [3.8, 4) is 5.75 Å². The number of hydrogen-bond acceptors (Lipinski definition) is 6. The fourth-order valence-corrected chi connectivity index (χ4v) is 3.01. The van der Waals surface area contributed by atoms with E-state index in [1.807, 2.05) is 0 Å². The van der Waals surface area contributed by atoms with E-state index in [4.69, 9.17) is 9.47 Å². The molecule has 6 nitrogen and oxygen atoms in total. The van der Waals surface area contributed by atoms with Gasteiger partial charge in [0, 0.05) is 6.04 Å². The zero-order chi connectivity index (χ0) is 17.9. The van der Waals surface area contributed by atoms with Gasteiger partial charge in [0.2, 0.25) is 0 Å². The van der Waals surface area contributed by atoms with Gasteiger partial charge in [0.1, 0.15) is 11.3 Å². The van der Waals surface area contributed by atoms with Crippen molar-refractivity contribution in [2.24, 2.45) is 5.92 Å². The third kappa shape index (κ3) is 3.87. The highest BCUT2D eigenvalue weighted by atomic mass is 16.5. The van der Waals surface area contributed by atoms with Crippen LogP contribution in [0.3, 0.4) is 0 Å². The molecule has 0 spiro atoms. The van der Waals surface area contributed by atoms with Crippen LogP contribution < -0.4 is 5.32 Å². The lowest BCUT2D eigenvalue weighted by molar-refractivity contribution is -0.154. The summed E-state index contributed by atoms with van der Waals surface area (Å²) in [4.78, 5) is 24.8. The fraction of sp³-hybridized carbons (Fsp3) is 0.556. The lowest BCUT2D eigenvalue weighted by atomic mass is 9.90. The maximum Gasteiger partial charge on any atom is 0.326 e. The Morgan fingerprint density at radius 2 is 1.96 bits per heavy atom. The SMILES string of the molecule is CCOC(=O)[C@@H]1CC(C)(C(=O)OC(C)C)N[C@@H]1c1ccc(O)cc1. The third-order valence-electron chi connectivity index (χ3n) is 4.14. The Bertz CT molecular complexity index is 598. The molecule has 6 heteroatoms. The van der Waals surface area contributed by atoms with Gasteiger partial charge in [0.05, 0.1) is 18.6 Å². The van der Waals surface area contributed by atoms with Gasteiger partial charge in [-0.2, -0.15) is 0 Å². The first kappa shape index (κ1) is 18.3. The lowest BCUT2D eigenvalue weighted by Gasteiger charge is -2.25. The normalized spacial score (nSPS) is 26.4. The van der Waals surface area contributed by atoms with Crippen LogP contribution in [0.1, 0.15) is 45.7 Å². The Morgan fingerprint density at radius 3 is 2.50 bits per heavy atom. The van der Waals surface area contributed by atoms with E-state index in [1.165, 1.54) is 0 Å². The monoisotopic (exact) mass is 335 g/mol. The quantitative estimate of drug-likeness (QED) is 0.803. The summed E-state index contributed by atoms with van der Waals surface area (Å²) in [6.07, 6.45) is 0.0630. The summed E-state index contributed by atoms with van der Waals surface area (Å²) in [6.45, 7) is 7.35. The fourth-order valence-electron chi connectivity index (χ4n) is 3.01. The van der Waals surface area contributed by atoms with E-state index in [0.717, 1.165) is 5.56 Å². The minimum atomic E-state index is -0.968. The van der Waals surface area contributed by atoms with E-state index in [2.05, 4.69) is 5.32 Å². The summed E-state index contributed by atoms with van der Waals surface area (Å²) in [5.41, 5.74) is -0.156. The molecule has 1 aliphatic rings. The summed E-state index contributed by atoms with van der Waals surface area (Å²) in [5.74, 6) is -1.08. The van der Waals surface area contributed by atoms with Gasteiger partial charge in [-0.05, 0) is 51.8 Å². The minimum Gasteiger partial charge on any atom is -0.508 e. The summed E-state index contributed by atoms with van der Waals surface area (Å²) >= 11 is 0. The Kier molecular flexibility index (Phi) is 5.49. The molecule has 0 amide bonds. The molecule has 0 bridgehead atoms. The zero-order valence-corrected chi connectivity index (χ0v) is 14.5. The average Bonchev–Trinajstić information content (AvgIpc) is 2.87. The van der Waals surface area contributed by atoms with Gasteiger partial charge in [-0.25, -0.2) is 0 Å². The van der Waals surface area contributed by atoms with Gasteiger partial charge in [-0.3, -0.25) is 14.9 Å². The molecular weight excluding hydrogens is 310 g/mol. The first-order valence-electron chi connectivity index (χ1n) is 8.21. The molecule has 1 saturated heterocycles. The van der Waals surface area contributed by atoms with Gasteiger partial charge in [-0.1, -0.05) is 12.1 Å². The van der Waals surface area contributed by atoms with E-state index in [1.54, 1.807) is 52.0 Å². The van der Waals surface area contributed by atoms with Gasteiger partial charge >= 0.3 is 11.9 Å². The van der Waals surface area contributed by atoms with E-state index in [0.29, 0.717) is 6.42 Å². The van der Waals surface area contributed by atoms with E-state index >= 15 is 0 Å². The van der Waals surface area contributed by atoms with Crippen molar-refractivity contribution in [3.63, 3.8) is 0 Å². The largest absolute Gasteiger partial charge is 0.508 e. The van der Waals surface area contributed by atoms with Crippen LogP contribution in [0, 0.1) is 5.92 Å². The van der Waals surface area contributed by atoms with Crippen molar-refractivity contribution < 1.29 is 24.2 Å². The highest BCUT2D eigenvalue weighted by Crippen LogP contribution is 2.40. The van der Waals surface area contributed by atoms with Crippen LogP contribution in [-0.4, -0.2) is 35.3 Å². The van der Waals surface area contributed by atoms with Gasteiger partial charge < -0.3 is 14.6 Å². The standard InChI is InChI=1S/C18H25NO5/c1-5-23-16(21)14-10-18(4,17(22)24-11(2)3)19-15(14)12-6-8-13(20)9-7-12/h6-9,11,14-15,19-20H,5,10H2,1-4H3/t14-,15-,18?/m1/s1. The van der Waals surface area contributed by atoms with Crippen molar-refractivity contribution in [3.05, 3.63) is 29.8 Å². The number of benzene rings is 1. The number of aromatic hydroxyl groups is 1. The molecule has 1 unspecified atom stereocenters. The number of hydrogen-bond donors (Lipinski definition) is 2. The van der Waals surface area contributed by atoms with Crippen LogP contribution in [0.15, 0.2) is 24.3 Å². The van der Waals surface area contributed by atoms with Crippen LogP contribution >= 0.6 is 0 Å². The molecule has 132 valence electrons. The van der Waals surface area contributed by atoms with Crippen molar-refractivity contribution in [1.82, 2.24) is 5.32 Å². The van der Waals surface area contributed by atoms with Crippen molar-refractivity contribution in [1.29, 1.82) is 0 Å². The molecule has 1 aliphatic heterocycles. The maximum atomic E-state index is 12.5. The van der Waals surface area contributed by atoms with Crippen LogP contribution in [0.2, 0.25) is 0 Å². The Balaban J connectivity index is 2.30. The molecule has 1 aromatic rings. The Labute approximate surface area is 142 Å². The first-order chi connectivity index (χ1) is 11.3. The number of carbonyl (C=O) groups is 2. The number of rotatable bonds is 5. The van der Waals surface area contributed by atoms with E-state index < -0.39 is 11.5 Å². The molecule has 0 aromatic heterocycles. The molecule has 1 heterocycles. The molecule has 3 atom stereocenters. The molecule has 0 saturated carbocycles. The lowest BCUT2D eigenvalue weighted by Crippen LogP contribution is -2.47. The summed E-state index contributed by atoms with van der Waals surface area (Å²) in [5, 5.41) is 12.7. The zero-order valence-electron chi connectivity index (χ0n) is 14.5. The van der Waals surface area contributed by atoms with Crippen molar-refractivity contribution in [2.45, 2.75) is 51.8 Å². The predicted molar refractivity (Wildman–Crippen MR) is 88.4 cm³/mol. The number of phenols is 1. The second kappa shape index (κ2) is 7.21. The number of phenolic OH excluding ortho intramolecular Hbond substituents is 1. The second-order valence-corrected chi connectivity index (χ2v) is 6.56. The molecular formula is C18H25NO5. The molecule has 2 N–H and O–H groups in total. The van der Waals surface area contributed by atoms with Crippen molar-refractivity contribution >= 4 is 11.9 Å². The molecule has 1 fully saturated rings. The topological polar surface area (TPSA) is 84.9 Å². The smallest absolute Gasteiger partial charge is 0.326 e. The molecule has 2 rings (SSSR count). The molecule has 0 aliphatic carbocycles. The van der Waals surface area contributed by atoms with Crippen LogP contribution in [0.4, 0.5) is 0 Å². The second-order valence-electron chi connectivity index (χ2n) is 6.56. The molecule has 0 radical (unpaired) electrons. The van der Waals surface area contributed by atoms with Crippen LogP contribution in [0.25, 0.3) is 0 Å². The Hall–Kier alpha value is -2.08. The summed E-state index contributed by atoms with van der Waals surface area (Å²) < 4.78 is 10.5. The number of carbonyl (C=O) groups excluding carboxylic acids is 2. The average molecular weight is 335 g/mol. The number of nitrogens with one attached hydrogen (secondary N) is 1. The predicted octanol–water partition coefficient (Wildman–Crippen LogP) is 2.32. The van der Waals surface area contributed by atoms with Crippen LogP contribution in [0.5, 0.6) is 5.75 Å². The maximum absolute atomic E-state index is 12.5. The van der Waals surface area contributed by atoms with Gasteiger partial charge in [0.25, 0.3) is 0 Å². The van der Waals surface area contributed by atoms with Crippen molar-refractivity contribution in [2.75, 3.05) is 6.61 Å². The van der Waals surface area contributed by atoms with Gasteiger partial charge in [-0.15, -0.1) is 0 Å². The number of ether oxygens (including phenoxy) is 2. The van der Waals surface area contributed by atoms with Crippen LogP contribution in [-0.2, 0) is 19.1 Å². The third-order valence-corrected chi connectivity index (χ3v) is 4.14. The van der Waals surface area contributed by atoms with Gasteiger partial charge in [0.15, 0.2) is 0 Å². The minimum absolute atomic E-state index is 0.145. The summed E-state index contributed by atoms with van der Waals surface area (Å²) in [7, 11) is 0. The molecule has 1 aromatic carbocycles.